The van der Waals surface area contributed by atoms with Crippen LogP contribution in [-0.4, -0.2) is 51.7 Å². The van der Waals surface area contributed by atoms with Gasteiger partial charge in [-0.15, -0.1) is 0 Å². The minimum absolute atomic E-state index is 0.0470. The number of morpholine rings is 1. The number of hydrogen-bond donors (Lipinski definition) is 0. The molecule has 6 heteroatoms. The quantitative estimate of drug-likeness (QED) is 0.526. The van der Waals surface area contributed by atoms with E-state index in [-0.39, 0.29) is 5.91 Å². The molecule has 2 aromatic heterocycles. The van der Waals surface area contributed by atoms with Crippen LogP contribution in [0.4, 0.5) is 0 Å². The molecule has 0 radical (unpaired) electrons. The van der Waals surface area contributed by atoms with E-state index < -0.39 is 0 Å². The second kappa shape index (κ2) is 7.72. The Morgan fingerprint density at radius 3 is 2.37 bits per heavy atom. The summed E-state index contributed by atoms with van der Waals surface area (Å²) in [4.78, 5) is 19.3. The molecular weight excluding hydrogens is 376 g/mol. The maximum absolute atomic E-state index is 12.7. The van der Waals surface area contributed by atoms with Gasteiger partial charge in [-0.05, 0) is 30.7 Å². The molecule has 1 fully saturated rings. The number of ether oxygens (including phenoxy) is 1. The van der Waals surface area contributed by atoms with Crippen LogP contribution in [0.2, 0.25) is 0 Å². The van der Waals surface area contributed by atoms with Crippen LogP contribution in [-0.2, 0) is 4.74 Å². The molecule has 5 rings (SSSR count). The number of nitrogens with zero attached hydrogens (tertiary/aromatic N) is 4. The molecule has 2 aromatic carbocycles. The van der Waals surface area contributed by atoms with Gasteiger partial charge >= 0.3 is 0 Å². The van der Waals surface area contributed by atoms with Crippen LogP contribution in [0.1, 0.15) is 15.9 Å². The van der Waals surface area contributed by atoms with Gasteiger partial charge in [-0.1, -0.05) is 42.0 Å². The summed E-state index contributed by atoms with van der Waals surface area (Å²) >= 11 is 0. The zero-order valence-corrected chi connectivity index (χ0v) is 16.8. The standard InChI is InChI=1S/C24H22N4O2/c1-17-2-4-18(5-3-17)21-16-25-28-11-10-22(26-23(21)28)19-6-8-20(9-7-19)24(29)27-12-14-30-15-13-27/h2-11,16H,12-15H2,1H3. The largest absolute Gasteiger partial charge is 0.378 e. The first-order valence-electron chi connectivity index (χ1n) is 10.1. The van der Waals surface area contributed by atoms with E-state index in [1.165, 1.54) is 5.56 Å². The normalized spacial score (nSPS) is 14.2. The highest BCUT2D eigenvalue weighted by molar-refractivity contribution is 5.94. The van der Waals surface area contributed by atoms with E-state index in [9.17, 15) is 4.79 Å². The molecule has 0 aliphatic carbocycles. The molecule has 3 heterocycles. The highest BCUT2D eigenvalue weighted by atomic mass is 16.5. The van der Waals surface area contributed by atoms with Gasteiger partial charge in [0.25, 0.3) is 5.91 Å². The fourth-order valence-electron chi connectivity index (χ4n) is 3.70. The highest BCUT2D eigenvalue weighted by Crippen LogP contribution is 2.26. The van der Waals surface area contributed by atoms with Crippen molar-refractivity contribution in [3.63, 3.8) is 0 Å². The van der Waals surface area contributed by atoms with E-state index in [1.54, 1.807) is 4.52 Å². The molecule has 0 spiro atoms. The van der Waals surface area contributed by atoms with Crippen LogP contribution in [0.15, 0.2) is 67.0 Å². The fraction of sp³-hybridized carbons (Fsp3) is 0.208. The number of carbonyl (C=O) groups excluding carboxylic acids is 1. The predicted octanol–water partition coefficient (Wildman–Crippen LogP) is 3.84. The molecule has 0 unspecified atom stereocenters. The van der Waals surface area contributed by atoms with E-state index in [0.29, 0.717) is 31.9 Å². The van der Waals surface area contributed by atoms with Gasteiger partial charge in [0.2, 0.25) is 0 Å². The Morgan fingerprint density at radius 2 is 1.63 bits per heavy atom. The van der Waals surface area contributed by atoms with Crippen LogP contribution >= 0.6 is 0 Å². The van der Waals surface area contributed by atoms with E-state index in [4.69, 9.17) is 9.72 Å². The first-order chi connectivity index (χ1) is 14.7. The van der Waals surface area contributed by atoms with Gasteiger partial charge in [0.1, 0.15) is 0 Å². The lowest BCUT2D eigenvalue weighted by molar-refractivity contribution is 0.0303. The molecule has 0 N–H and O–H groups in total. The van der Waals surface area contributed by atoms with Crippen LogP contribution in [0.3, 0.4) is 0 Å². The van der Waals surface area contributed by atoms with E-state index >= 15 is 0 Å². The van der Waals surface area contributed by atoms with Crippen molar-refractivity contribution in [2.75, 3.05) is 26.3 Å². The zero-order valence-electron chi connectivity index (χ0n) is 16.8. The Kier molecular flexibility index (Phi) is 4.77. The third kappa shape index (κ3) is 3.46. The third-order valence-corrected chi connectivity index (χ3v) is 5.46. The summed E-state index contributed by atoms with van der Waals surface area (Å²) in [6.07, 6.45) is 3.77. The average Bonchev–Trinajstić information content (AvgIpc) is 3.23. The number of fused-ring (bicyclic) bond motifs is 1. The monoisotopic (exact) mass is 398 g/mol. The SMILES string of the molecule is Cc1ccc(-c2cnn3ccc(-c4ccc(C(=O)N5CCOCC5)cc4)nc23)cc1. The molecule has 1 aliphatic heterocycles. The highest BCUT2D eigenvalue weighted by Gasteiger charge is 2.18. The van der Waals surface area contributed by atoms with Crippen molar-refractivity contribution in [1.82, 2.24) is 19.5 Å². The Hall–Kier alpha value is -3.51. The van der Waals surface area contributed by atoms with E-state index in [1.807, 2.05) is 47.6 Å². The Bertz CT molecular complexity index is 1190. The van der Waals surface area contributed by atoms with Crippen molar-refractivity contribution in [2.45, 2.75) is 6.92 Å². The van der Waals surface area contributed by atoms with Crippen molar-refractivity contribution in [3.05, 3.63) is 78.1 Å². The maximum atomic E-state index is 12.7. The number of aryl methyl sites for hydroxylation is 1. The third-order valence-electron chi connectivity index (χ3n) is 5.46. The molecular formula is C24H22N4O2. The van der Waals surface area contributed by atoms with Gasteiger partial charge < -0.3 is 9.64 Å². The summed E-state index contributed by atoms with van der Waals surface area (Å²) in [7, 11) is 0. The second-order valence-corrected chi connectivity index (χ2v) is 7.49. The van der Waals surface area contributed by atoms with E-state index in [0.717, 1.165) is 28.0 Å². The minimum Gasteiger partial charge on any atom is -0.378 e. The summed E-state index contributed by atoms with van der Waals surface area (Å²) in [6.45, 7) is 4.55. The average molecular weight is 398 g/mol. The summed E-state index contributed by atoms with van der Waals surface area (Å²) < 4.78 is 7.12. The van der Waals surface area contributed by atoms with Crippen LogP contribution in [0.25, 0.3) is 28.0 Å². The first kappa shape index (κ1) is 18.5. The molecule has 4 aromatic rings. The van der Waals surface area contributed by atoms with Crippen LogP contribution < -0.4 is 0 Å². The maximum Gasteiger partial charge on any atom is 0.254 e. The van der Waals surface area contributed by atoms with Gasteiger partial charge in [0.15, 0.2) is 5.65 Å². The van der Waals surface area contributed by atoms with Crippen LogP contribution in [0.5, 0.6) is 0 Å². The summed E-state index contributed by atoms with van der Waals surface area (Å²) in [5, 5.41) is 4.44. The van der Waals surface area contributed by atoms with Gasteiger partial charge in [0.05, 0.1) is 25.1 Å². The number of amides is 1. The smallest absolute Gasteiger partial charge is 0.254 e. The number of hydrogen-bond acceptors (Lipinski definition) is 4. The van der Waals surface area contributed by atoms with Gasteiger partial charge in [-0.3, -0.25) is 4.79 Å². The molecule has 150 valence electrons. The van der Waals surface area contributed by atoms with Crippen molar-refractivity contribution in [1.29, 1.82) is 0 Å². The van der Waals surface area contributed by atoms with Gasteiger partial charge in [-0.2, -0.15) is 5.10 Å². The molecule has 0 atom stereocenters. The molecule has 0 bridgehead atoms. The summed E-state index contributed by atoms with van der Waals surface area (Å²) in [5.41, 5.74) is 6.61. The van der Waals surface area contributed by atoms with Crippen molar-refractivity contribution in [3.8, 4) is 22.4 Å². The lowest BCUT2D eigenvalue weighted by atomic mass is 10.1. The number of rotatable bonds is 3. The number of benzene rings is 2. The van der Waals surface area contributed by atoms with Crippen LogP contribution in [0, 0.1) is 6.92 Å². The van der Waals surface area contributed by atoms with Gasteiger partial charge in [-0.25, -0.2) is 9.50 Å². The summed E-state index contributed by atoms with van der Waals surface area (Å²) in [6, 6.07) is 18.0. The summed E-state index contributed by atoms with van der Waals surface area (Å²) in [5.74, 6) is 0.0470. The molecule has 30 heavy (non-hydrogen) atoms. The van der Waals surface area contributed by atoms with Crippen molar-refractivity contribution < 1.29 is 9.53 Å². The molecule has 6 nitrogen and oxygen atoms in total. The topological polar surface area (TPSA) is 59.7 Å². The minimum atomic E-state index is 0.0470. The first-order valence-corrected chi connectivity index (χ1v) is 10.1. The zero-order chi connectivity index (χ0) is 20.5. The van der Waals surface area contributed by atoms with Crippen molar-refractivity contribution in [2.24, 2.45) is 0 Å². The van der Waals surface area contributed by atoms with E-state index in [2.05, 4.69) is 36.3 Å². The fourth-order valence-corrected chi connectivity index (χ4v) is 3.70. The van der Waals surface area contributed by atoms with Gasteiger partial charge in [0, 0.05) is 36.0 Å². The lowest BCUT2D eigenvalue weighted by Crippen LogP contribution is -2.40. The second-order valence-electron chi connectivity index (χ2n) is 7.49. The Balaban J connectivity index is 1.45. The molecule has 1 saturated heterocycles. The predicted molar refractivity (Wildman–Crippen MR) is 115 cm³/mol. The number of carbonyl (C=O) groups is 1. The van der Waals surface area contributed by atoms with Crippen molar-refractivity contribution >= 4 is 11.6 Å². The number of aromatic nitrogens is 3. The molecule has 0 saturated carbocycles. The lowest BCUT2D eigenvalue weighted by Gasteiger charge is -2.26. The molecule has 1 amide bonds. The Morgan fingerprint density at radius 1 is 0.933 bits per heavy atom. The Labute approximate surface area is 174 Å². The molecule has 1 aliphatic rings.